The highest BCUT2D eigenvalue weighted by atomic mass is 32.1. The molecule has 0 atom stereocenters. The lowest BCUT2D eigenvalue weighted by Gasteiger charge is -1.89. The van der Waals surface area contributed by atoms with Crippen molar-refractivity contribution < 1.29 is 0 Å². The van der Waals surface area contributed by atoms with Crippen LogP contribution < -0.4 is 5.69 Å². The zero-order valence-electron chi connectivity index (χ0n) is 8.08. The quantitative estimate of drug-likeness (QED) is 0.620. The Labute approximate surface area is 92.3 Å². The summed E-state index contributed by atoms with van der Waals surface area (Å²) in [6.07, 6.45) is 5.48. The summed E-state index contributed by atoms with van der Waals surface area (Å²) >= 11 is 4.04. The van der Waals surface area contributed by atoms with Crippen LogP contribution in [0.5, 0.6) is 0 Å². The van der Waals surface area contributed by atoms with E-state index in [1.165, 1.54) is 9.08 Å². The Kier molecular flexibility index (Phi) is 2.91. The summed E-state index contributed by atoms with van der Waals surface area (Å²) in [4.78, 5) is 11.7. The predicted octanol–water partition coefficient (Wildman–Crippen LogP) is 0.982. The molecule has 2 aromatic heterocycles. The van der Waals surface area contributed by atoms with Gasteiger partial charge >= 0.3 is 5.69 Å². The molecular weight excluding hydrogens is 210 g/mol. The van der Waals surface area contributed by atoms with E-state index in [1.54, 1.807) is 12.3 Å². The molecule has 2 aromatic rings. The number of nitrogens with zero attached hydrogens (tertiary/aromatic N) is 3. The molecule has 0 aliphatic rings. The third-order valence-corrected chi connectivity index (χ3v) is 2.25. The van der Waals surface area contributed by atoms with E-state index in [1.807, 2.05) is 24.3 Å². The van der Waals surface area contributed by atoms with E-state index in [0.717, 1.165) is 0 Å². The molecule has 2 rings (SSSR count). The van der Waals surface area contributed by atoms with Crippen molar-refractivity contribution in [1.29, 1.82) is 0 Å². The fourth-order valence-electron chi connectivity index (χ4n) is 1.34. The van der Waals surface area contributed by atoms with Gasteiger partial charge in [0.2, 0.25) is 0 Å². The molecule has 2 heterocycles. The molecule has 0 unspecified atom stereocenters. The minimum Gasteiger partial charge on any atom is -0.250 e. The van der Waals surface area contributed by atoms with Crippen LogP contribution in [-0.4, -0.2) is 19.9 Å². The second-order valence-electron chi connectivity index (χ2n) is 3.05. The van der Waals surface area contributed by atoms with Crippen LogP contribution in [0.2, 0.25) is 0 Å². The van der Waals surface area contributed by atoms with Gasteiger partial charge in [0.15, 0.2) is 5.65 Å². The van der Waals surface area contributed by atoms with Gasteiger partial charge in [-0.1, -0.05) is 18.2 Å². The van der Waals surface area contributed by atoms with Gasteiger partial charge in [-0.2, -0.15) is 12.6 Å². The molecule has 0 N–H and O–H groups in total. The normalized spacial score (nSPS) is 11.5. The van der Waals surface area contributed by atoms with Crippen molar-refractivity contribution in [1.82, 2.24) is 14.2 Å². The van der Waals surface area contributed by atoms with Gasteiger partial charge in [-0.25, -0.2) is 9.48 Å². The first kappa shape index (κ1) is 10.0. The van der Waals surface area contributed by atoms with E-state index >= 15 is 0 Å². The largest absolute Gasteiger partial charge is 0.350 e. The van der Waals surface area contributed by atoms with Crippen LogP contribution in [0.4, 0.5) is 0 Å². The molecule has 0 bridgehead atoms. The lowest BCUT2D eigenvalue weighted by atomic mass is 10.5. The van der Waals surface area contributed by atoms with Gasteiger partial charge in [-0.15, -0.1) is 5.10 Å². The summed E-state index contributed by atoms with van der Waals surface area (Å²) in [5, 5.41) is 4.18. The molecule has 4 nitrogen and oxygen atoms in total. The van der Waals surface area contributed by atoms with Crippen molar-refractivity contribution in [3.63, 3.8) is 0 Å². The zero-order valence-corrected chi connectivity index (χ0v) is 8.97. The van der Waals surface area contributed by atoms with Crippen molar-refractivity contribution in [2.75, 3.05) is 5.75 Å². The summed E-state index contributed by atoms with van der Waals surface area (Å²) in [5.41, 5.74) is 0.552. The average Bonchev–Trinajstić information content (AvgIpc) is 2.57. The summed E-state index contributed by atoms with van der Waals surface area (Å²) in [6.45, 7) is 0.487. The molecule has 0 amide bonds. The summed E-state index contributed by atoms with van der Waals surface area (Å²) in [7, 11) is 0. The van der Waals surface area contributed by atoms with E-state index in [4.69, 9.17) is 0 Å². The average molecular weight is 221 g/mol. The molecule has 0 saturated heterocycles. The molecule has 5 heteroatoms. The Bertz CT molecular complexity index is 541. The standard InChI is InChI=1S/C10H11N3OS/c14-10-12-6-2-1-5-9(12)11-13(10)7-3-4-8-15/h1-6,15H,7-8H2. The highest BCUT2D eigenvalue weighted by Gasteiger charge is 2.02. The highest BCUT2D eigenvalue weighted by Crippen LogP contribution is 1.94. The maximum absolute atomic E-state index is 11.7. The number of hydrogen-bond acceptors (Lipinski definition) is 3. The molecule has 78 valence electrons. The number of allylic oxidation sites excluding steroid dienone is 1. The predicted molar refractivity (Wildman–Crippen MR) is 62.4 cm³/mol. The van der Waals surface area contributed by atoms with Gasteiger partial charge in [-0.05, 0) is 12.1 Å². The molecular formula is C10H11N3OS. The maximum Gasteiger partial charge on any atom is 0.350 e. The van der Waals surface area contributed by atoms with Gasteiger partial charge in [0.1, 0.15) is 0 Å². The number of aromatic nitrogens is 3. The SMILES string of the molecule is O=c1n(CC=CCS)nc2ccccn12. The first-order chi connectivity index (χ1) is 7.33. The minimum absolute atomic E-state index is 0.116. The van der Waals surface area contributed by atoms with Crippen LogP contribution >= 0.6 is 12.6 Å². The van der Waals surface area contributed by atoms with Crippen molar-refractivity contribution in [2.45, 2.75) is 6.54 Å². The molecule has 0 spiro atoms. The third kappa shape index (κ3) is 1.97. The summed E-state index contributed by atoms with van der Waals surface area (Å²) in [5.74, 6) is 0.669. The Balaban J connectivity index is 2.40. The molecule has 0 aromatic carbocycles. The fraction of sp³-hybridized carbons (Fsp3) is 0.200. The van der Waals surface area contributed by atoms with Gasteiger partial charge in [0.25, 0.3) is 0 Å². The van der Waals surface area contributed by atoms with Gasteiger partial charge in [0, 0.05) is 11.9 Å². The van der Waals surface area contributed by atoms with E-state index < -0.39 is 0 Å². The number of fused-ring (bicyclic) bond motifs is 1. The zero-order chi connectivity index (χ0) is 10.7. The van der Waals surface area contributed by atoms with Gasteiger partial charge < -0.3 is 0 Å². The van der Waals surface area contributed by atoms with Crippen LogP contribution in [0.25, 0.3) is 5.65 Å². The van der Waals surface area contributed by atoms with Crippen molar-refractivity contribution in [3.05, 3.63) is 47.0 Å². The summed E-state index contributed by atoms with van der Waals surface area (Å²) < 4.78 is 2.95. The van der Waals surface area contributed by atoms with Crippen molar-refractivity contribution in [2.24, 2.45) is 0 Å². The van der Waals surface area contributed by atoms with E-state index in [2.05, 4.69) is 17.7 Å². The Hall–Kier alpha value is -1.49. The maximum atomic E-state index is 11.7. The highest BCUT2D eigenvalue weighted by molar-refractivity contribution is 7.80. The van der Waals surface area contributed by atoms with Gasteiger partial charge in [0.05, 0.1) is 6.54 Å². The molecule has 0 saturated carbocycles. The molecule has 15 heavy (non-hydrogen) atoms. The number of hydrogen-bond donors (Lipinski definition) is 1. The van der Waals surface area contributed by atoms with Gasteiger partial charge in [-0.3, -0.25) is 4.40 Å². The molecule has 0 fully saturated rings. The Morgan fingerprint density at radius 2 is 2.27 bits per heavy atom. The number of rotatable bonds is 3. The fourth-order valence-corrected chi connectivity index (χ4v) is 1.49. The Morgan fingerprint density at radius 3 is 3.00 bits per heavy atom. The summed E-state index contributed by atoms with van der Waals surface area (Å²) in [6, 6.07) is 5.47. The van der Waals surface area contributed by atoms with E-state index in [0.29, 0.717) is 17.9 Å². The minimum atomic E-state index is -0.116. The second kappa shape index (κ2) is 4.35. The van der Waals surface area contributed by atoms with E-state index in [9.17, 15) is 4.79 Å². The Morgan fingerprint density at radius 1 is 1.40 bits per heavy atom. The van der Waals surface area contributed by atoms with Crippen LogP contribution in [-0.2, 0) is 6.54 Å². The lowest BCUT2D eigenvalue weighted by Crippen LogP contribution is -2.20. The van der Waals surface area contributed by atoms with Crippen LogP contribution in [0.3, 0.4) is 0 Å². The van der Waals surface area contributed by atoms with Crippen LogP contribution in [0, 0.1) is 0 Å². The molecule has 0 aliphatic heterocycles. The number of thiol groups is 1. The first-order valence-electron chi connectivity index (χ1n) is 4.63. The van der Waals surface area contributed by atoms with E-state index in [-0.39, 0.29) is 5.69 Å². The topological polar surface area (TPSA) is 39.3 Å². The number of pyridine rings is 1. The van der Waals surface area contributed by atoms with Crippen molar-refractivity contribution >= 4 is 18.3 Å². The molecule has 0 radical (unpaired) electrons. The lowest BCUT2D eigenvalue weighted by molar-refractivity contribution is 0.672. The van der Waals surface area contributed by atoms with Crippen LogP contribution in [0.15, 0.2) is 41.3 Å². The smallest absolute Gasteiger partial charge is 0.250 e. The van der Waals surface area contributed by atoms with Crippen LogP contribution in [0.1, 0.15) is 0 Å². The molecule has 0 aliphatic carbocycles. The monoisotopic (exact) mass is 221 g/mol. The second-order valence-corrected chi connectivity index (χ2v) is 3.41. The van der Waals surface area contributed by atoms with Crippen molar-refractivity contribution in [3.8, 4) is 0 Å². The third-order valence-electron chi connectivity index (χ3n) is 2.04. The first-order valence-corrected chi connectivity index (χ1v) is 5.26.